The maximum atomic E-state index is 6.66. The zero-order chi connectivity index (χ0) is 14.7. The summed E-state index contributed by atoms with van der Waals surface area (Å²) in [6.45, 7) is 2.30. The third-order valence-corrected chi connectivity index (χ3v) is 6.94. The van der Waals surface area contributed by atoms with Gasteiger partial charge in [-0.3, -0.25) is 0 Å². The van der Waals surface area contributed by atoms with Crippen molar-refractivity contribution in [2.45, 2.75) is 96.4 Å². The van der Waals surface area contributed by atoms with E-state index in [4.69, 9.17) is 5.73 Å². The smallest absolute Gasteiger partial charge is 0.00724 e. The summed E-state index contributed by atoms with van der Waals surface area (Å²) < 4.78 is 0. The van der Waals surface area contributed by atoms with Crippen LogP contribution in [-0.2, 0) is 0 Å². The van der Waals surface area contributed by atoms with Gasteiger partial charge in [-0.15, -0.1) is 0 Å². The van der Waals surface area contributed by atoms with E-state index in [0.29, 0.717) is 6.04 Å². The number of rotatable bonds is 9. The van der Waals surface area contributed by atoms with Crippen LogP contribution >= 0.6 is 0 Å². The maximum absolute atomic E-state index is 6.66. The highest BCUT2D eigenvalue weighted by Crippen LogP contribution is 2.57. The molecule has 21 heavy (non-hydrogen) atoms. The van der Waals surface area contributed by atoms with Crippen LogP contribution in [0.5, 0.6) is 0 Å². The van der Waals surface area contributed by atoms with Gasteiger partial charge < -0.3 is 5.73 Å². The van der Waals surface area contributed by atoms with Crippen molar-refractivity contribution in [3.63, 3.8) is 0 Å². The van der Waals surface area contributed by atoms with Gasteiger partial charge in [0.1, 0.15) is 0 Å². The van der Waals surface area contributed by atoms with Gasteiger partial charge in [-0.2, -0.15) is 0 Å². The van der Waals surface area contributed by atoms with Gasteiger partial charge in [-0.05, 0) is 68.1 Å². The van der Waals surface area contributed by atoms with E-state index in [2.05, 4.69) is 6.92 Å². The van der Waals surface area contributed by atoms with Crippen LogP contribution in [0.3, 0.4) is 0 Å². The molecule has 0 spiro atoms. The molecule has 4 saturated carbocycles. The largest absolute Gasteiger partial charge is 0.327 e. The molecule has 0 aromatic carbocycles. The molecule has 4 aliphatic rings. The Morgan fingerprint density at radius 1 is 0.762 bits per heavy atom. The van der Waals surface area contributed by atoms with Crippen LogP contribution in [0.1, 0.15) is 90.4 Å². The van der Waals surface area contributed by atoms with Crippen LogP contribution in [0, 0.1) is 29.6 Å². The molecule has 0 aromatic rings. The van der Waals surface area contributed by atoms with Crippen LogP contribution < -0.4 is 5.73 Å². The highest BCUT2D eigenvalue weighted by molar-refractivity contribution is 5.00. The molecular weight excluding hydrogens is 254 g/mol. The second kappa shape index (κ2) is 7.49. The van der Waals surface area contributed by atoms with Crippen molar-refractivity contribution >= 4 is 0 Å². The number of unbranched alkanes of at least 4 members (excludes halogenated alkanes) is 6. The Kier molecular flexibility index (Phi) is 5.65. The molecule has 0 amide bonds. The SMILES string of the molecule is CCCCCCCCCC(N)C1C2CC3CC(C2)CC1C3. The molecule has 0 saturated heterocycles. The minimum atomic E-state index is 0.524. The first kappa shape index (κ1) is 15.8. The molecule has 1 atom stereocenters. The standard InChI is InChI=1S/C20H37N/c1-2-3-4-5-6-7-8-9-19(21)20-17-11-15-10-16(13-17)14-18(20)12-15/h15-20H,2-14,21H2,1H3. The summed E-state index contributed by atoms with van der Waals surface area (Å²) in [6, 6.07) is 0.524. The van der Waals surface area contributed by atoms with E-state index < -0.39 is 0 Å². The molecule has 4 aliphatic carbocycles. The van der Waals surface area contributed by atoms with E-state index in [1.165, 1.54) is 77.0 Å². The van der Waals surface area contributed by atoms with Crippen LogP contribution in [0.4, 0.5) is 0 Å². The fourth-order valence-electron chi connectivity index (χ4n) is 6.20. The lowest BCUT2D eigenvalue weighted by molar-refractivity contribution is -0.0477. The van der Waals surface area contributed by atoms with Gasteiger partial charge in [0.15, 0.2) is 0 Å². The Morgan fingerprint density at radius 2 is 1.29 bits per heavy atom. The van der Waals surface area contributed by atoms with Crippen molar-refractivity contribution < 1.29 is 0 Å². The van der Waals surface area contributed by atoms with E-state index in [1.807, 2.05) is 0 Å². The zero-order valence-corrected chi connectivity index (χ0v) is 14.2. The maximum Gasteiger partial charge on any atom is 0.00724 e. The molecule has 1 heteroatoms. The normalized spacial score (nSPS) is 38.9. The number of hydrogen-bond acceptors (Lipinski definition) is 1. The molecule has 0 aromatic heterocycles. The van der Waals surface area contributed by atoms with Gasteiger partial charge in [-0.1, -0.05) is 51.9 Å². The first-order valence-corrected chi connectivity index (χ1v) is 10.0. The van der Waals surface area contributed by atoms with Crippen molar-refractivity contribution in [2.24, 2.45) is 35.3 Å². The van der Waals surface area contributed by atoms with Gasteiger partial charge in [-0.25, -0.2) is 0 Å². The molecule has 1 nitrogen and oxygen atoms in total. The van der Waals surface area contributed by atoms with E-state index >= 15 is 0 Å². The van der Waals surface area contributed by atoms with Crippen LogP contribution in [0.2, 0.25) is 0 Å². The highest BCUT2D eigenvalue weighted by atomic mass is 14.7. The second-order valence-electron chi connectivity index (χ2n) is 8.58. The van der Waals surface area contributed by atoms with E-state index in [-0.39, 0.29) is 0 Å². The van der Waals surface area contributed by atoms with Gasteiger partial charge in [0.2, 0.25) is 0 Å². The predicted molar refractivity (Wildman–Crippen MR) is 91.1 cm³/mol. The van der Waals surface area contributed by atoms with Crippen molar-refractivity contribution in [3.05, 3.63) is 0 Å². The highest BCUT2D eigenvalue weighted by Gasteiger charge is 2.49. The minimum absolute atomic E-state index is 0.524. The van der Waals surface area contributed by atoms with Crippen LogP contribution in [0.15, 0.2) is 0 Å². The van der Waals surface area contributed by atoms with Crippen molar-refractivity contribution in [1.29, 1.82) is 0 Å². The van der Waals surface area contributed by atoms with Crippen molar-refractivity contribution in [1.82, 2.24) is 0 Å². The quantitative estimate of drug-likeness (QED) is 0.556. The molecule has 0 radical (unpaired) electrons. The molecule has 122 valence electrons. The fraction of sp³-hybridized carbons (Fsp3) is 1.00. The minimum Gasteiger partial charge on any atom is -0.327 e. The lowest BCUT2D eigenvalue weighted by Crippen LogP contribution is -2.51. The van der Waals surface area contributed by atoms with Gasteiger partial charge in [0, 0.05) is 6.04 Å². The number of hydrogen-bond donors (Lipinski definition) is 1. The first-order valence-electron chi connectivity index (χ1n) is 10.0. The Hall–Kier alpha value is -0.0400. The molecule has 0 aliphatic heterocycles. The summed E-state index contributed by atoms with van der Waals surface area (Å²) in [6.07, 6.45) is 18.9. The van der Waals surface area contributed by atoms with Crippen LogP contribution in [0.25, 0.3) is 0 Å². The summed E-state index contributed by atoms with van der Waals surface area (Å²) >= 11 is 0. The van der Waals surface area contributed by atoms with E-state index in [9.17, 15) is 0 Å². The Labute approximate surface area is 132 Å². The molecule has 4 rings (SSSR count). The van der Waals surface area contributed by atoms with Gasteiger partial charge in [0.25, 0.3) is 0 Å². The van der Waals surface area contributed by atoms with Crippen molar-refractivity contribution in [3.8, 4) is 0 Å². The lowest BCUT2D eigenvalue weighted by atomic mass is 9.50. The zero-order valence-electron chi connectivity index (χ0n) is 14.2. The van der Waals surface area contributed by atoms with Crippen molar-refractivity contribution in [2.75, 3.05) is 0 Å². The van der Waals surface area contributed by atoms with Gasteiger partial charge >= 0.3 is 0 Å². The fourth-order valence-corrected chi connectivity index (χ4v) is 6.20. The molecule has 4 bridgehead atoms. The third-order valence-electron chi connectivity index (χ3n) is 6.94. The van der Waals surface area contributed by atoms with E-state index in [1.54, 1.807) is 6.42 Å². The van der Waals surface area contributed by atoms with Gasteiger partial charge in [0.05, 0.1) is 0 Å². The topological polar surface area (TPSA) is 26.0 Å². The average Bonchev–Trinajstić information content (AvgIpc) is 2.45. The Balaban J connectivity index is 1.35. The molecule has 1 unspecified atom stereocenters. The molecule has 4 fully saturated rings. The second-order valence-corrected chi connectivity index (χ2v) is 8.58. The average molecular weight is 292 g/mol. The Morgan fingerprint density at radius 3 is 1.86 bits per heavy atom. The summed E-state index contributed by atoms with van der Waals surface area (Å²) in [5.74, 6) is 5.11. The summed E-state index contributed by atoms with van der Waals surface area (Å²) in [4.78, 5) is 0. The Bertz CT molecular complexity index is 283. The predicted octanol–water partition coefficient (Wildman–Crippen LogP) is 5.53. The summed E-state index contributed by atoms with van der Waals surface area (Å²) in [5, 5.41) is 0. The lowest BCUT2D eigenvalue weighted by Gasteiger charge is -2.56. The monoisotopic (exact) mass is 291 g/mol. The van der Waals surface area contributed by atoms with Crippen LogP contribution in [-0.4, -0.2) is 6.04 Å². The first-order chi connectivity index (χ1) is 10.3. The molecule has 2 N–H and O–H groups in total. The van der Waals surface area contributed by atoms with E-state index in [0.717, 1.165) is 29.6 Å². The molecule has 0 heterocycles. The molecular formula is C20H37N. The summed E-state index contributed by atoms with van der Waals surface area (Å²) in [7, 11) is 0. The summed E-state index contributed by atoms with van der Waals surface area (Å²) in [5.41, 5.74) is 6.66. The third kappa shape index (κ3) is 3.84. The number of nitrogens with two attached hydrogens (primary N) is 1.